The van der Waals surface area contributed by atoms with E-state index in [1.54, 1.807) is 24.3 Å². The SMILES string of the molecule is N=C(N)c1ccc(NC(=O)C(CCc2ccccc2)C(=O)NCC2(c3ccccc3)CCCC2)cc1. The first-order valence-corrected chi connectivity index (χ1v) is 12.6. The van der Waals surface area contributed by atoms with Gasteiger partial charge in [-0.1, -0.05) is 73.5 Å². The summed E-state index contributed by atoms with van der Waals surface area (Å²) in [5.74, 6) is -1.44. The zero-order valence-electron chi connectivity index (χ0n) is 20.5. The molecule has 6 nitrogen and oxygen atoms in total. The number of nitrogen functional groups attached to an aromatic ring is 1. The molecule has 3 aromatic carbocycles. The Kier molecular flexibility index (Phi) is 8.16. The highest BCUT2D eigenvalue weighted by Gasteiger charge is 2.37. The monoisotopic (exact) mass is 482 g/mol. The Morgan fingerprint density at radius 1 is 0.861 bits per heavy atom. The first-order chi connectivity index (χ1) is 17.5. The lowest BCUT2D eigenvalue weighted by Gasteiger charge is -2.31. The number of carbonyl (C=O) groups excluding carboxylic acids is 2. The molecule has 1 aliphatic rings. The maximum atomic E-state index is 13.5. The smallest absolute Gasteiger partial charge is 0.236 e. The Balaban J connectivity index is 1.48. The van der Waals surface area contributed by atoms with E-state index in [9.17, 15) is 9.59 Å². The molecule has 0 aromatic heterocycles. The minimum Gasteiger partial charge on any atom is -0.384 e. The van der Waals surface area contributed by atoms with Crippen molar-refractivity contribution in [2.24, 2.45) is 11.7 Å². The molecule has 1 unspecified atom stereocenters. The van der Waals surface area contributed by atoms with E-state index in [1.807, 2.05) is 48.5 Å². The third-order valence-electron chi connectivity index (χ3n) is 7.21. The van der Waals surface area contributed by atoms with Crippen LogP contribution < -0.4 is 16.4 Å². The normalized spacial score (nSPS) is 15.1. The standard InChI is InChI=1S/C30H34N4O2/c31-27(32)23-14-16-25(17-15-23)34-29(36)26(18-13-22-9-3-1-4-10-22)28(35)33-21-30(19-7-8-20-30)24-11-5-2-6-12-24/h1-6,9-12,14-17,26H,7-8,13,18-21H2,(H3,31,32)(H,33,35)(H,34,36). The quantitative estimate of drug-likeness (QED) is 0.190. The first kappa shape index (κ1) is 25.2. The van der Waals surface area contributed by atoms with Crippen molar-refractivity contribution in [2.75, 3.05) is 11.9 Å². The predicted octanol–water partition coefficient (Wildman–Crippen LogP) is 4.79. The molecule has 0 aliphatic heterocycles. The number of hydrogen-bond donors (Lipinski definition) is 4. The van der Waals surface area contributed by atoms with Crippen molar-refractivity contribution in [2.45, 2.75) is 43.9 Å². The number of aryl methyl sites for hydroxylation is 1. The van der Waals surface area contributed by atoms with Crippen LogP contribution in [0.4, 0.5) is 5.69 Å². The summed E-state index contributed by atoms with van der Waals surface area (Å²) in [6.07, 6.45) is 5.37. The van der Waals surface area contributed by atoms with Gasteiger partial charge in [0.15, 0.2) is 0 Å². The minimum atomic E-state index is -0.827. The van der Waals surface area contributed by atoms with Gasteiger partial charge in [-0.2, -0.15) is 0 Å². The second-order valence-electron chi connectivity index (χ2n) is 9.63. The molecular formula is C30H34N4O2. The Morgan fingerprint density at radius 3 is 2.08 bits per heavy atom. The first-order valence-electron chi connectivity index (χ1n) is 12.6. The van der Waals surface area contributed by atoms with Crippen LogP contribution in [-0.2, 0) is 21.4 Å². The molecule has 1 atom stereocenters. The molecule has 6 heteroatoms. The average Bonchev–Trinajstić information content (AvgIpc) is 3.39. The molecule has 36 heavy (non-hydrogen) atoms. The van der Waals surface area contributed by atoms with E-state index in [1.165, 1.54) is 5.56 Å². The number of hydrogen-bond acceptors (Lipinski definition) is 3. The number of benzene rings is 3. The van der Waals surface area contributed by atoms with Crippen LogP contribution in [0, 0.1) is 11.3 Å². The number of anilines is 1. The molecule has 0 saturated heterocycles. The third-order valence-corrected chi connectivity index (χ3v) is 7.21. The van der Waals surface area contributed by atoms with E-state index < -0.39 is 5.92 Å². The van der Waals surface area contributed by atoms with E-state index >= 15 is 0 Å². The van der Waals surface area contributed by atoms with Crippen LogP contribution >= 0.6 is 0 Å². The van der Waals surface area contributed by atoms with Gasteiger partial charge in [0.2, 0.25) is 11.8 Å². The molecule has 0 radical (unpaired) electrons. The lowest BCUT2D eigenvalue weighted by atomic mass is 9.78. The van der Waals surface area contributed by atoms with Crippen LogP contribution in [0.2, 0.25) is 0 Å². The van der Waals surface area contributed by atoms with Crippen LogP contribution in [0.1, 0.15) is 48.8 Å². The third kappa shape index (κ3) is 6.19. The maximum Gasteiger partial charge on any atom is 0.236 e. The number of amidine groups is 1. The average molecular weight is 483 g/mol. The van der Waals surface area contributed by atoms with Crippen molar-refractivity contribution in [1.82, 2.24) is 5.32 Å². The van der Waals surface area contributed by atoms with Crippen LogP contribution in [-0.4, -0.2) is 24.2 Å². The topological polar surface area (TPSA) is 108 Å². The Labute approximate surface area is 212 Å². The van der Waals surface area contributed by atoms with Gasteiger partial charge in [-0.25, -0.2) is 0 Å². The van der Waals surface area contributed by atoms with Gasteiger partial charge in [0.25, 0.3) is 0 Å². The summed E-state index contributed by atoms with van der Waals surface area (Å²) in [6.45, 7) is 0.526. The molecule has 3 aromatic rings. The van der Waals surface area contributed by atoms with Crippen LogP contribution in [0.5, 0.6) is 0 Å². The number of rotatable bonds is 10. The second-order valence-corrected chi connectivity index (χ2v) is 9.63. The lowest BCUT2D eigenvalue weighted by Crippen LogP contribution is -2.44. The van der Waals surface area contributed by atoms with Crippen LogP contribution in [0.15, 0.2) is 84.9 Å². The van der Waals surface area contributed by atoms with Crippen molar-refractivity contribution < 1.29 is 9.59 Å². The summed E-state index contributed by atoms with van der Waals surface area (Å²) < 4.78 is 0. The molecule has 0 heterocycles. The van der Waals surface area contributed by atoms with E-state index in [0.717, 1.165) is 31.2 Å². The highest BCUT2D eigenvalue weighted by atomic mass is 16.2. The van der Waals surface area contributed by atoms with Gasteiger partial charge < -0.3 is 16.4 Å². The van der Waals surface area contributed by atoms with E-state index in [0.29, 0.717) is 30.6 Å². The molecule has 4 rings (SSSR count). The summed E-state index contributed by atoms with van der Waals surface area (Å²) >= 11 is 0. The zero-order valence-corrected chi connectivity index (χ0v) is 20.5. The highest BCUT2D eigenvalue weighted by molar-refractivity contribution is 6.06. The number of amides is 2. The lowest BCUT2D eigenvalue weighted by molar-refractivity contribution is -0.133. The van der Waals surface area contributed by atoms with Crippen LogP contribution in [0.3, 0.4) is 0 Å². The van der Waals surface area contributed by atoms with Gasteiger partial charge >= 0.3 is 0 Å². The Hall–Kier alpha value is -3.93. The molecule has 0 spiro atoms. The van der Waals surface area contributed by atoms with Gasteiger partial charge in [-0.15, -0.1) is 0 Å². The largest absolute Gasteiger partial charge is 0.384 e. The predicted molar refractivity (Wildman–Crippen MR) is 144 cm³/mol. The molecule has 0 bridgehead atoms. The highest BCUT2D eigenvalue weighted by Crippen LogP contribution is 2.40. The van der Waals surface area contributed by atoms with Gasteiger partial charge in [-0.05, 0) is 61.1 Å². The summed E-state index contributed by atoms with van der Waals surface area (Å²) in [6, 6.07) is 27.0. The van der Waals surface area contributed by atoms with Crippen LogP contribution in [0.25, 0.3) is 0 Å². The molecule has 2 amide bonds. The molecule has 5 N–H and O–H groups in total. The van der Waals surface area contributed by atoms with Crippen molar-refractivity contribution in [3.8, 4) is 0 Å². The summed E-state index contributed by atoms with van der Waals surface area (Å²) in [7, 11) is 0. The van der Waals surface area contributed by atoms with E-state index in [2.05, 4.69) is 22.8 Å². The minimum absolute atomic E-state index is 0.0350. The van der Waals surface area contributed by atoms with E-state index in [-0.39, 0.29) is 23.1 Å². The van der Waals surface area contributed by atoms with Gasteiger partial charge in [-0.3, -0.25) is 15.0 Å². The molecular weight excluding hydrogens is 448 g/mol. The summed E-state index contributed by atoms with van der Waals surface area (Å²) in [4.78, 5) is 26.8. The molecule has 1 aliphatic carbocycles. The summed E-state index contributed by atoms with van der Waals surface area (Å²) in [5, 5.41) is 13.6. The van der Waals surface area contributed by atoms with Gasteiger partial charge in [0.1, 0.15) is 11.8 Å². The van der Waals surface area contributed by atoms with Crippen molar-refractivity contribution in [1.29, 1.82) is 5.41 Å². The second kappa shape index (κ2) is 11.7. The van der Waals surface area contributed by atoms with Gasteiger partial charge in [0.05, 0.1) is 0 Å². The fourth-order valence-corrected chi connectivity index (χ4v) is 5.09. The number of nitrogens with one attached hydrogen (secondary N) is 3. The van der Waals surface area contributed by atoms with Gasteiger partial charge in [0, 0.05) is 23.2 Å². The zero-order chi connectivity index (χ0) is 25.4. The van der Waals surface area contributed by atoms with E-state index in [4.69, 9.17) is 11.1 Å². The summed E-state index contributed by atoms with van der Waals surface area (Å²) in [5.41, 5.74) is 8.93. The molecule has 186 valence electrons. The maximum absolute atomic E-state index is 13.5. The van der Waals surface area contributed by atoms with Crippen molar-refractivity contribution in [3.63, 3.8) is 0 Å². The molecule has 1 fully saturated rings. The Bertz CT molecular complexity index is 1170. The number of carbonyl (C=O) groups is 2. The van der Waals surface area contributed by atoms with Crippen molar-refractivity contribution in [3.05, 3.63) is 102 Å². The number of nitrogens with two attached hydrogens (primary N) is 1. The van der Waals surface area contributed by atoms with Crippen molar-refractivity contribution >= 4 is 23.3 Å². The fraction of sp³-hybridized carbons (Fsp3) is 0.300. The Morgan fingerprint density at radius 2 is 1.47 bits per heavy atom. The fourth-order valence-electron chi connectivity index (χ4n) is 5.09. The molecule has 1 saturated carbocycles.